The summed E-state index contributed by atoms with van der Waals surface area (Å²) in [5.74, 6) is 0.962. The quantitative estimate of drug-likeness (QED) is 0.846. The summed E-state index contributed by atoms with van der Waals surface area (Å²) in [4.78, 5) is 0. The van der Waals surface area contributed by atoms with Crippen LogP contribution in [0.4, 0.5) is 0 Å². The van der Waals surface area contributed by atoms with Gasteiger partial charge in [0, 0.05) is 5.39 Å². The predicted octanol–water partition coefficient (Wildman–Crippen LogP) is 2.61. The Morgan fingerprint density at radius 3 is 2.56 bits per heavy atom. The normalized spacial score (nSPS) is 10.6. The molecule has 0 fully saturated rings. The topological polar surface area (TPSA) is 21.3 Å². The summed E-state index contributed by atoms with van der Waals surface area (Å²) in [7, 11) is 3.70. The molecule has 0 spiro atoms. The summed E-state index contributed by atoms with van der Waals surface area (Å²) in [6.07, 6.45) is 1.02. The molecule has 0 aliphatic heterocycles. The number of rotatable bonds is 4. The SMILES string of the molecule is CNCCc1cccc2cccc(OC)c12. The maximum atomic E-state index is 5.43. The zero-order chi connectivity index (χ0) is 11.4. The van der Waals surface area contributed by atoms with E-state index in [-0.39, 0.29) is 0 Å². The molecule has 84 valence electrons. The van der Waals surface area contributed by atoms with Gasteiger partial charge >= 0.3 is 0 Å². The number of ether oxygens (including phenoxy) is 1. The molecule has 2 nitrogen and oxygen atoms in total. The second kappa shape index (κ2) is 4.99. The van der Waals surface area contributed by atoms with Crippen LogP contribution in [0.25, 0.3) is 10.8 Å². The third-order valence-corrected chi connectivity index (χ3v) is 2.82. The average molecular weight is 215 g/mol. The van der Waals surface area contributed by atoms with Gasteiger partial charge in [-0.25, -0.2) is 0 Å². The second-order valence-electron chi connectivity index (χ2n) is 3.83. The molecule has 1 N–H and O–H groups in total. The van der Waals surface area contributed by atoms with Crippen molar-refractivity contribution in [3.63, 3.8) is 0 Å². The third kappa shape index (κ3) is 2.02. The van der Waals surface area contributed by atoms with E-state index in [0.29, 0.717) is 0 Å². The van der Waals surface area contributed by atoms with Crippen LogP contribution in [0.3, 0.4) is 0 Å². The van der Waals surface area contributed by atoms with E-state index in [1.165, 1.54) is 16.3 Å². The Bertz CT molecular complexity index is 474. The van der Waals surface area contributed by atoms with E-state index in [4.69, 9.17) is 4.74 Å². The molecule has 0 bridgehead atoms. The first-order valence-corrected chi connectivity index (χ1v) is 5.56. The molecule has 0 heterocycles. The van der Waals surface area contributed by atoms with E-state index in [1.54, 1.807) is 7.11 Å². The lowest BCUT2D eigenvalue weighted by Gasteiger charge is -2.10. The van der Waals surface area contributed by atoms with Crippen molar-refractivity contribution in [3.05, 3.63) is 42.0 Å². The number of likely N-dealkylation sites (N-methyl/N-ethyl adjacent to an activating group) is 1. The fourth-order valence-corrected chi connectivity index (χ4v) is 2.02. The molecule has 2 aromatic carbocycles. The van der Waals surface area contributed by atoms with E-state index >= 15 is 0 Å². The van der Waals surface area contributed by atoms with Crippen molar-refractivity contribution in [1.29, 1.82) is 0 Å². The van der Waals surface area contributed by atoms with Crippen LogP contribution >= 0.6 is 0 Å². The molecule has 0 aliphatic carbocycles. The number of hydrogen-bond donors (Lipinski definition) is 1. The fourth-order valence-electron chi connectivity index (χ4n) is 2.02. The van der Waals surface area contributed by atoms with E-state index in [0.717, 1.165) is 18.7 Å². The molecule has 0 amide bonds. The van der Waals surface area contributed by atoms with Crippen molar-refractivity contribution in [2.45, 2.75) is 6.42 Å². The van der Waals surface area contributed by atoms with Crippen molar-refractivity contribution in [3.8, 4) is 5.75 Å². The van der Waals surface area contributed by atoms with Gasteiger partial charge in [-0.1, -0.05) is 30.3 Å². The first-order valence-electron chi connectivity index (χ1n) is 5.56. The van der Waals surface area contributed by atoms with Crippen molar-refractivity contribution >= 4 is 10.8 Å². The van der Waals surface area contributed by atoms with Gasteiger partial charge in [-0.2, -0.15) is 0 Å². The molecule has 0 radical (unpaired) electrons. The highest BCUT2D eigenvalue weighted by Crippen LogP contribution is 2.28. The van der Waals surface area contributed by atoms with Gasteiger partial charge in [0.15, 0.2) is 0 Å². The maximum absolute atomic E-state index is 5.43. The Kier molecular flexibility index (Phi) is 3.42. The lowest BCUT2D eigenvalue weighted by Crippen LogP contribution is -2.10. The molecule has 16 heavy (non-hydrogen) atoms. The molecule has 2 heteroatoms. The van der Waals surface area contributed by atoms with Gasteiger partial charge in [0.1, 0.15) is 5.75 Å². The Labute approximate surface area is 96.2 Å². The van der Waals surface area contributed by atoms with Crippen molar-refractivity contribution in [1.82, 2.24) is 5.32 Å². The van der Waals surface area contributed by atoms with E-state index in [2.05, 4.69) is 29.6 Å². The Morgan fingerprint density at radius 1 is 1.12 bits per heavy atom. The van der Waals surface area contributed by atoms with E-state index < -0.39 is 0 Å². The zero-order valence-electron chi connectivity index (χ0n) is 9.79. The zero-order valence-corrected chi connectivity index (χ0v) is 9.79. The maximum Gasteiger partial charge on any atom is 0.126 e. The fraction of sp³-hybridized carbons (Fsp3) is 0.286. The lowest BCUT2D eigenvalue weighted by atomic mass is 10.0. The molecule has 0 saturated carbocycles. The number of benzene rings is 2. The molecular formula is C14H17NO. The van der Waals surface area contributed by atoms with Crippen LogP contribution in [0.1, 0.15) is 5.56 Å². The van der Waals surface area contributed by atoms with Gasteiger partial charge in [-0.05, 0) is 37.0 Å². The minimum absolute atomic E-state index is 0.962. The summed E-state index contributed by atoms with van der Waals surface area (Å²) in [5.41, 5.74) is 1.34. The van der Waals surface area contributed by atoms with Gasteiger partial charge in [-0.3, -0.25) is 0 Å². The first kappa shape index (κ1) is 11.0. The highest BCUT2D eigenvalue weighted by molar-refractivity contribution is 5.91. The smallest absolute Gasteiger partial charge is 0.126 e. The summed E-state index contributed by atoms with van der Waals surface area (Å²) in [6, 6.07) is 12.6. The van der Waals surface area contributed by atoms with Gasteiger partial charge in [-0.15, -0.1) is 0 Å². The highest BCUT2D eigenvalue weighted by Gasteiger charge is 2.05. The van der Waals surface area contributed by atoms with Gasteiger partial charge in [0.05, 0.1) is 7.11 Å². The Balaban J connectivity index is 2.54. The summed E-state index contributed by atoms with van der Waals surface area (Å²) < 4.78 is 5.43. The molecule has 0 unspecified atom stereocenters. The number of hydrogen-bond acceptors (Lipinski definition) is 2. The molecule has 2 aromatic rings. The third-order valence-electron chi connectivity index (χ3n) is 2.82. The lowest BCUT2D eigenvalue weighted by molar-refractivity contribution is 0.419. The summed E-state index contributed by atoms with van der Waals surface area (Å²) >= 11 is 0. The largest absolute Gasteiger partial charge is 0.496 e. The minimum atomic E-state index is 0.962. The van der Waals surface area contributed by atoms with Gasteiger partial charge < -0.3 is 10.1 Å². The predicted molar refractivity (Wildman–Crippen MR) is 68.1 cm³/mol. The molecule has 0 aromatic heterocycles. The van der Waals surface area contributed by atoms with Crippen LogP contribution in [0.15, 0.2) is 36.4 Å². The minimum Gasteiger partial charge on any atom is -0.496 e. The van der Waals surface area contributed by atoms with Crippen molar-refractivity contribution < 1.29 is 4.74 Å². The van der Waals surface area contributed by atoms with E-state index in [1.807, 2.05) is 19.2 Å². The van der Waals surface area contributed by atoms with Gasteiger partial charge in [0.2, 0.25) is 0 Å². The molecule has 2 rings (SSSR count). The van der Waals surface area contributed by atoms with Crippen LogP contribution in [-0.4, -0.2) is 20.7 Å². The summed E-state index contributed by atoms with van der Waals surface area (Å²) in [6.45, 7) is 0.983. The van der Waals surface area contributed by atoms with Crippen LogP contribution < -0.4 is 10.1 Å². The number of fused-ring (bicyclic) bond motifs is 1. The molecule has 0 aliphatic rings. The highest BCUT2D eigenvalue weighted by atomic mass is 16.5. The van der Waals surface area contributed by atoms with Gasteiger partial charge in [0.25, 0.3) is 0 Å². The number of methoxy groups -OCH3 is 1. The van der Waals surface area contributed by atoms with Crippen LogP contribution in [-0.2, 0) is 6.42 Å². The standard InChI is InChI=1S/C14H17NO/c1-15-10-9-12-6-3-5-11-7-4-8-13(16-2)14(11)12/h3-8,15H,9-10H2,1-2H3. The van der Waals surface area contributed by atoms with Crippen molar-refractivity contribution in [2.75, 3.05) is 20.7 Å². The summed E-state index contributed by atoms with van der Waals surface area (Å²) in [5, 5.41) is 5.66. The van der Waals surface area contributed by atoms with Crippen LogP contribution in [0, 0.1) is 0 Å². The molecule has 0 atom stereocenters. The number of nitrogens with one attached hydrogen (secondary N) is 1. The molecule has 0 saturated heterocycles. The Morgan fingerprint density at radius 2 is 1.88 bits per heavy atom. The van der Waals surface area contributed by atoms with Crippen molar-refractivity contribution in [2.24, 2.45) is 0 Å². The second-order valence-corrected chi connectivity index (χ2v) is 3.83. The molecular weight excluding hydrogens is 198 g/mol. The van der Waals surface area contributed by atoms with Crippen LogP contribution in [0.5, 0.6) is 5.75 Å². The first-order chi connectivity index (χ1) is 7.86. The van der Waals surface area contributed by atoms with E-state index in [9.17, 15) is 0 Å². The van der Waals surface area contributed by atoms with Crippen LogP contribution in [0.2, 0.25) is 0 Å². The monoisotopic (exact) mass is 215 g/mol. The average Bonchev–Trinajstić information content (AvgIpc) is 2.35. The Hall–Kier alpha value is -1.54.